The average Bonchev–Trinajstić information content (AvgIpc) is 3.28. The smallest absolute Gasteiger partial charge is 0.126 e. The molecular weight excluding hydrogens is 346 g/mol. The van der Waals surface area contributed by atoms with Crippen molar-refractivity contribution in [1.29, 1.82) is 0 Å². The van der Waals surface area contributed by atoms with Crippen LogP contribution in [0.4, 0.5) is 0 Å². The predicted molar refractivity (Wildman–Crippen MR) is 113 cm³/mol. The van der Waals surface area contributed by atoms with Crippen molar-refractivity contribution in [2.75, 3.05) is 6.61 Å². The van der Waals surface area contributed by atoms with Crippen LogP contribution in [0.25, 0.3) is 10.9 Å². The summed E-state index contributed by atoms with van der Waals surface area (Å²) in [5, 5.41) is 13.0. The summed E-state index contributed by atoms with van der Waals surface area (Å²) >= 11 is 0. The van der Waals surface area contributed by atoms with Gasteiger partial charge in [-0.15, -0.1) is 0 Å². The summed E-state index contributed by atoms with van der Waals surface area (Å²) < 4.78 is 5.98. The van der Waals surface area contributed by atoms with E-state index in [1.807, 2.05) is 0 Å². The second-order valence-electron chi connectivity index (χ2n) is 9.39. The van der Waals surface area contributed by atoms with E-state index < -0.39 is 5.60 Å². The molecule has 1 aliphatic carbocycles. The molecule has 0 spiro atoms. The summed E-state index contributed by atoms with van der Waals surface area (Å²) in [6.07, 6.45) is 4.64. The average molecular weight is 376 g/mol. The van der Waals surface area contributed by atoms with E-state index in [-0.39, 0.29) is 5.41 Å². The highest BCUT2D eigenvalue weighted by atomic mass is 16.5. The summed E-state index contributed by atoms with van der Waals surface area (Å²) in [5.74, 6) is 1.44. The zero-order valence-electron chi connectivity index (χ0n) is 16.8. The lowest BCUT2D eigenvalue weighted by Crippen LogP contribution is -2.41. The molecule has 0 amide bonds. The van der Waals surface area contributed by atoms with Crippen molar-refractivity contribution < 1.29 is 9.84 Å². The molecule has 0 bridgehead atoms. The van der Waals surface area contributed by atoms with E-state index in [4.69, 9.17) is 4.74 Å². The molecule has 1 fully saturated rings. The van der Waals surface area contributed by atoms with Gasteiger partial charge < -0.3 is 14.8 Å². The van der Waals surface area contributed by atoms with Gasteiger partial charge in [-0.25, -0.2) is 0 Å². The van der Waals surface area contributed by atoms with Gasteiger partial charge in [0, 0.05) is 29.6 Å². The Labute approximate surface area is 166 Å². The third-order valence-electron chi connectivity index (χ3n) is 6.61. The van der Waals surface area contributed by atoms with Crippen LogP contribution in [0.1, 0.15) is 49.9 Å². The summed E-state index contributed by atoms with van der Waals surface area (Å²) in [6.45, 7) is 5.27. The first-order chi connectivity index (χ1) is 13.4. The normalized spacial score (nSPS) is 18.7. The van der Waals surface area contributed by atoms with Gasteiger partial charge in [-0.05, 0) is 53.7 Å². The molecule has 3 heteroatoms. The van der Waals surface area contributed by atoms with Crippen molar-refractivity contribution >= 4 is 10.9 Å². The predicted octanol–water partition coefficient (Wildman–Crippen LogP) is 5.15. The van der Waals surface area contributed by atoms with Gasteiger partial charge >= 0.3 is 0 Å². The minimum atomic E-state index is -0.703. The number of aliphatic hydroxyl groups is 1. The molecule has 1 aromatic heterocycles. The Balaban J connectivity index is 1.45. The second-order valence-corrected chi connectivity index (χ2v) is 9.39. The van der Waals surface area contributed by atoms with Gasteiger partial charge in [-0.1, -0.05) is 50.2 Å². The standard InChI is InChI=1S/C25H29NO2/c1-24(2,21-8-5-7-17-12-13-28-23(17)21)16-25(27,19-10-11-19)15-20-14-18-6-3-4-9-22(18)26-20/h3-9,14,19,26-27H,10-13,15-16H2,1-2H3. The zero-order chi connectivity index (χ0) is 19.4. The Kier molecular flexibility index (Phi) is 4.06. The monoisotopic (exact) mass is 375 g/mol. The first kappa shape index (κ1) is 17.8. The fourth-order valence-electron chi connectivity index (χ4n) is 5.14. The minimum absolute atomic E-state index is 0.154. The number of hydrogen-bond acceptors (Lipinski definition) is 2. The fourth-order valence-corrected chi connectivity index (χ4v) is 5.14. The van der Waals surface area contributed by atoms with Crippen molar-refractivity contribution in [2.45, 2.75) is 57.0 Å². The molecule has 3 aromatic rings. The summed E-state index contributed by atoms with van der Waals surface area (Å²) in [6, 6.07) is 17.0. The SMILES string of the molecule is CC(C)(CC(O)(Cc1cc2ccccc2[nH]1)C1CC1)c1cccc2c1OCC2. The number of fused-ring (bicyclic) bond motifs is 2. The Bertz CT molecular complexity index is 981. The maximum absolute atomic E-state index is 11.8. The number of aromatic nitrogens is 1. The Morgan fingerprint density at radius 3 is 2.71 bits per heavy atom. The van der Waals surface area contributed by atoms with Crippen LogP contribution in [-0.4, -0.2) is 22.3 Å². The summed E-state index contributed by atoms with van der Waals surface area (Å²) in [4.78, 5) is 3.52. The third-order valence-corrected chi connectivity index (χ3v) is 6.61. The quantitative estimate of drug-likeness (QED) is 0.625. The van der Waals surface area contributed by atoms with E-state index in [0.29, 0.717) is 12.3 Å². The highest BCUT2D eigenvalue weighted by molar-refractivity contribution is 5.80. The van der Waals surface area contributed by atoms with Gasteiger partial charge in [0.05, 0.1) is 12.2 Å². The molecule has 5 rings (SSSR count). The van der Waals surface area contributed by atoms with Crippen LogP contribution in [0.3, 0.4) is 0 Å². The molecular formula is C25H29NO2. The van der Waals surface area contributed by atoms with E-state index in [9.17, 15) is 5.11 Å². The maximum Gasteiger partial charge on any atom is 0.126 e. The second kappa shape index (κ2) is 6.38. The molecule has 1 saturated carbocycles. The van der Waals surface area contributed by atoms with Gasteiger partial charge in [0.2, 0.25) is 0 Å². The van der Waals surface area contributed by atoms with Crippen LogP contribution in [0, 0.1) is 5.92 Å². The Hall–Kier alpha value is -2.26. The van der Waals surface area contributed by atoms with Crippen LogP contribution >= 0.6 is 0 Å². The molecule has 0 saturated heterocycles. The highest BCUT2D eigenvalue weighted by Crippen LogP contribution is 2.49. The van der Waals surface area contributed by atoms with Crippen LogP contribution in [0.2, 0.25) is 0 Å². The van der Waals surface area contributed by atoms with Crippen LogP contribution in [-0.2, 0) is 18.3 Å². The van der Waals surface area contributed by atoms with Crippen molar-refractivity contribution in [3.8, 4) is 5.75 Å². The number of aromatic amines is 1. The third kappa shape index (κ3) is 3.12. The molecule has 146 valence electrons. The lowest BCUT2D eigenvalue weighted by molar-refractivity contribution is -0.00889. The maximum atomic E-state index is 11.8. The van der Waals surface area contributed by atoms with Crippen molar-refractivity contribution in [1.82, 2.24) is 4.98 Å². The van der Waals surface area contributed by atoms with E-state index in [2.05, 4.69) is 67.4 Å². The summed E-state index contributed by atoms with van der Waals surface area (Å²) in [5.41, 5.74) is 3.95. The Morgan fingerprint density at radius 2 is 1.93 bits per heavy atom. The molecule has 2 N–H and O–H groups in total. The first-order valence-corrected chi connectivity index (χ1v) is 10.5. The molecule has 1 atom stereocenters. The minimum Gasteiger partial charge on any atom is -0.493 e. The number of H-pyrrole nitrogens is 1. The number of ether oxygens (including phenoxy) is 1. The van der Waals surface area contributed by atoms with Crippen LogP contribution in [0.5, 0.6) is 5.75 Å². The van der Waals surface area contributed by atoms with E-state index in [1.54, 1.807) is 0 Å². The van der Waals surface area contributed by atoms with Crippen molar-refractivity contribution in [3.63, 3.8) is 0 Å². The van der Waals surface area contributed by atoms with E-state index >= 15 is 0 Å². The largest absolute Gasteiger partial charge is 0.493 e. The molecule has 0 radical (unpaired) electrons. The molecule has 2 aliphatic rings. The van der Waals surface area contributed by atoms with Gasteiger partial charge in [-0.2, -0.15) is 0 Å². The molecule has 28 heavy (non-hydrogen) atoms. The lowest BCUT2D eigenvalue weighted by atomic mass is 9.71. The van der Waals surface area contributed by atoms with Crippen molar-refractivity contribution in [3.05, 3.63) is 65.4 Å². The van der Waals surface area contributed by atoms with Gasteiger partial charge in [0.15, 0.2) is 0 Å². The number of hydrogen-bond donors (Lipinski definition) is 2. The Morgan fingerprint density at radius 1 is 1.11 bits per heavy atom. The van der Waals surface area contributed by atoms with Crippen molar-refractivity contribution in [2.24, 2.45) is 5.92 Å². The molecule has 3 nitrogen and oxygen atoms in total. The van der Waals surface area contributed by atoms with E-state index in [0.717, 1.165) is 49.3 Å². The van der Waals surface area contributed by atoms with Crippen LogP contribution in [0.15, 0.2) is 48.5 Å². The molecule has 1 aliphatic heterocycles. The number of para-hydroxylation sites is 2. The highest BCUT2D eigenvalue weighted by Gasteiger charge is 2.47. The van der Waals surface area contributed by atoms with E-state index in [1.165, 1.54) is 16.5 Å². The lowest BCUT2D eigenvalue weighted by Gasteiger charge is -2.37. The molecule has 1 unspecified atom stereocenters. The van der Waals surface area contributed by atoms with Gasteiger partial charge in [0.25, 0.3) is 0 Å². The molecule has 2 heterocycles. The fraction of sp³-hybridized carbons (Fsp3) is 0.440. The van der Waals surface area contributed by atoms with Gasteiger partial charge in [0.1, 0.15) is 5.75 Å². The topological polar surface area (TPSA) is 45.2 Å². The summed E-state index contributed by atoms with van der Waals surface area (Å²) in [7, 11) is 0. The van der Waals surface area contributed by atoms with Crippen LogP contribution < -0.4 is 4.74 Å². The van der Waals surface area contributed by atoms with Gasteiger partial charge in [-0.3, -0.25) is 0 Å². The number of nitrogens with one attached hydrogen (secondary N) is 1. The number of benzene rings is 2. The number of rotatable bonds is 6. The molecule has 2 aromatic carbocycles. The zero-order valence-corrected chi connectivity index (χ0v) is 16.8. The first-order valence-electron chi connectivity index (χ1n) is 10.5.